The molecular weight excluding hydrogens is 586 g/mol. The van der Waals surface area contributed by atoms with E-state index in [1.54, 1.807) is 6.92 Å². The van der Waals surface area contributed by atoms with Crippen molar-refractivity contribution in [3.63, 3.8) is 0 Å². The van der Waals surface area contributed by atoms with Crippen LogP contribution in [-0.4, -0.2) is 61.7 Å². The second-order valence-electron chi connectivity index (χ2n) is 17.2. The molecule has 5 saturated carbocycles. The Balaban J connectivity index is 0.918. The number of carbonyl (C=O) groups is 1. The lowest BCUT2D eigenvalue weighted by Crippen LogP contribution is -2.56. The second kappa shape index (κ2) is 11.2. The average Bonchev–Trinajstić information content (AvgIpc) is 3.58. The summed E-state index contributed by atoms with van der Waals surface area (Å²) in [7, 11) is 0. The molecule has 11 unspecified atom stereocenters. The Kier molecular flexibility index (Phi) is 7.71. The topological polar surface area (TPSA) is 60.0 Å². The normalized spacial score (nSPS) is 45.6. The monoisotopic (exact) mass is 640 g/mol. The summed E-state index contributed by atoms with van der Waals surface area (Å²) >= 11 is 0. The lowest BCUT2D eigenvalue weighted by Gasteiger charge is -2.60. The van der Waals surface area contributed by atoms with Gasteiger partial charge in [-0.15, -0.1) is 0 Å². The van der Waals surface area contributed by atoms with Crippen LogP contribution in [0.25, 0.3) is 0 Å². The number of morpholine rings is 1. The fourth-order valence-corrected chi connectivity index (χ4v) is 12.9. The highest BCUT2D eigenvalue weighted by Gasteiger charge is 2.80. The first-order valence-electron chi connectivity index (χ1n) is 18.3. The smallest absolute Gasteiger partial charge is 0.219 e. The maximum Gasteiger partial charge on any atom is 0.219 e. The molecule has 0 aromatic heterocycles. The van der Waals surface area contributed by atoms with Gasteiger partial charge in [0, 0.05) is 32.6 Å². The van der Waals surface area contributed by atoms with E-state index in [-0.39, 0.29) is 29.8 Å². The van der Waals surface area contributed by atoms with Crippen molar-refractivity contribution in [1.82, 2.24) is 10.2 Å². The largest absolute Gasteiger partial charge is 0.373 e. The molecule has 254 valence electrons. The molecule has 5 aliphatic carbocycles. The van der Waals surface area contributed by atoms with Gasteiger partial charge in [0.15, 0.2) is 6.29 Å². The van der Waals surface area contributed by atoms with Crippen LogP contribution in [0.15, 0.2) is 18.2 Å². The first kappa shape index (κ1) is 31.6. The number of nitrogens with zero attached hydrogens (tertiary/aromatic N) is 1. The number of hydrogen-bond donors (Lipinski definition) is 1. The second-order valence-corrected chi connectivity index (χ2v) is 17.2. The molecule has 8 heteroatoms. The minimum absolute atomic E-state index is 0.0830. The van der Waals surface area contributed by atoms with Crippen molar-refractivity contribution < 1.29 is 27.8 Å². The van der Waals surface area contributed by atoms with Crippen molar-refractivity contribution in [3.8, 4) is 0 Å². The lowest BCUT2D eigenvalue weighted by molar-refractivity contribution is -0.244. The van der Waals surface area contributed by atoms with Gasteiger partial charge in [-0.3, -0.25) is 4.79 Å². The SMILES string of the molecule is CC(=O)N1CCOC(OC2CCC34CC35CCC3(C)C6CCC(CNCc7cc(F)cc(F)c7)OC6CC3C5CCC4C2(C)C)C1. The number of amides is 1. The van der Waals surface area contributed by atoms with Gasteiger partial charge < -0.3 is 24.4 Å². The number of nitrogens with one attached hydrogen (secondary N) is 1. The molecule has 7 aliphatic rings. The number of hydrogen-bond acceptors (Lipinski definition) is 5. The number of carbonyl (C=O) groups excluding carboxylic acids is 1. The molecule has 11 atom stereocenters. The van der Waals surface area contributed by atoms with Gasteiger partial charge in [0.05, 0.1) is 31.5 Å². The van der Waals surface area contributed by atoms with E-state index in [1.807, 2.05) is 4.90 Å². The molecule has 46 heavy (non-hydrogen) atoms. The van der Waals surface area contributed by atoms with E-state index in [4.69, 9.17) is 14.2 Å². The standard InChI is InChI=1S/C38H54F2N2O4/c1-23(43)42-13-14-44-34(21-42)46-33-9-10-38-22-37(38)12-11-36(4)29-6-5-27(20-41-19-24-15-25(39)17-26(40)16-24)45-31(29)18-30(36)28(37)7-8-32(38)35(33,2)3/h15-17,27-34,41H,5-14,18-22H2,1-4H3. The van der Waals surface area contributed by atoms with Crippen LogP contribution in [-0.2, 0) is 25.5 Å². The molecule has 2 aliphatic heterocycles. The zero-order valence-electron chi connectivity index (χ0n) is 28.3. The van der Waals surface area contributed by atoms with Crippen molar-refractivity contribution >= 4 is 5.91 Å². The van der Waals surface area contributed by atoms with E-state index in [1.165, 1.54) is 63.5 Å². The van der Waals surface area contributed by atoms with Gasteiger partial charge in [-0.25, -0.2) is 8.78 Å². The van der Waals surface area contributed by atoms with Crippen LogP contribution in [0.3, 0.4) is 0 Å². The van der Waals surface area contributed by atoms with Crippen molar-refractivity contribution in [2.24, 2.45) is 45.3 Å². The third kappa shape index (κ3) is 4.85. The minimum Gasteiger partial charge on any atom is -0.373 e. The Labute approximate surface area is 273 Å². The molecule has 1 amide bonds. The molecule has 7 fully saturated rings. The van der Waals surface area contributed by atoms with Gasteiger partial charge in [-0.1, -0.05) is 20.8 Å². The zero-order chi connectivity index (χ0) is 32.1. The fourth-order valence-electron chi connectivity index (χ4n) is 12.9. The van der Waals surface area contributed by atoms with Crippen LogP contribution in [0, 0.1) is 57.0 Å². The van der Waals surface area contributed by atoms with Crippen molar-refractivity contribution in [1.29, 1.82) is 0 Å². The summed E-state index contributed by atoms with van der Waals surface area (Å²) in [5, 5.41) is 3.42. The Hall–Kier alpha value is -1.61. The summed E-state index contributed by atoms with van der Waals surface area (Å²) in [6.07, 6.45) is 12.9. The van der Waals surface area contributed by atoms with Gasteiger partial charge in [0.2, 0.25) is 5.91 Å². The fraction of sp³-hybridized carbons (Fsp3) is 0.816. The van der Waals surface area contributed by atoms with E-state index >= 15 is 0 Å². The van der Waals surface area contributed by atoms with Crippen LogP contribution in [0.1, 0.15) is 97.5 Å². The predicted octanol–water partition coefficient (Wildman–Crippen LogP) is 6.85. The lowest BCUT2D eigenvalue weighted by atomic mass is 9.46. The molecule has 8 rings (SSSR count). The third-order valence-corrected chi connectivity index (χ3v) is 15.0. The molecular formula is C38H54F2N2O4. The third-order valence-electron chi connectivity index (χ3n) is 15.0. The molecule has 1 aromatic rings. The molecule has 1 aromatic carbocycles. The summed E-state index contributed by atoms with van der Waals surface area (Å²) in [6.45, 7) is 12.1. The van der Waals surface area contributed by atoms with Crippen LogP contribution in [0.2, 0.25) is 0 Å². The van der Waals surface area contributed by atoms with E-state index in [0.29, 0.717) is 66.0 Å². The van der Waals surface area contributed by atoms with Gasteiger partial charge in [-0.05, 0) is 127 Å². The molecule has 0 bridgehead atoms. The number of halogens is 2. The zero-order valence-corrected chi connectivity index (χ0v) is 28.3. The first-order chi connectivity index (χ1) is 21.9. The van der Waals surface area contributed by atoms with Gasteiger partial charge in [-0.2, -0.15) is 0 Å². The summed E-state index contributed by atoms with van der Waals surface area (Å²) in [4.78, 5) is 13.9. The highest BCUT2D eigenvalue weighted by molar-refractivity contribution is 5.73. The van der Waals surface area contributed by atoms with Crippen molar-refractivity contribution in [2.45, 2.75) is 123 Å². The molecule has 0 radical (unpaired) electrons. The Bertz CT molecular complexity index is 1340. The Morgan fingerprint density at radius 1 is 0.978 bits per heavy atom. The molecule has 2 spiro atoms. The summed E-state index contributed by atoms with van der Waals surface area (Å²) < 4.78 is 46.9. The highest BCUT2D eigenvalue weighted by Crippen LogP contribution is 2.87. The summed E-state index contributed by atoms with van der Waals surface area (Å²) in [5.41, 5.74) is 2.03. The van der Waals surface area contributed by atoms with Crippen molar-refractivity contribution in [2.75, 3.05) is 26.2 Å². The van der Waals surface area contributed by atoms with E-state index in [9.17, 15) is 13.6 Å². The molecule has 2 saturated heterocycles. The first-order valence-corrected chi connectivity index (χ1v) is 18.3. The summed E-state index contributed by atoms with van der Waals surface area (Å²) in [6, 6.07) is 3.73. The van der Waals surface area contributed by atoms with E-state index in [0.717, 1.165) is 37.3 Å². The Morgan fingerprint density at radius 3 is 2.54 bits per heavy atom. The van der Waals surface area contributed by atoms with Gasteiger partial charge in [0.1, 0.15) is 11.6 Å². The van der Waals surface area contributed by atoms with Crippen LogP contribution in [0.5, 0.6) is 0 Å². The molecule has 1 N–H and O–H groups in total. The summed E-state index contributed by atoms with van der Waals surface area (Å²) in [5.74, 6) is 1.90. The highest BCUT2D eigenvalue weighted by atomic mass is 19.1. The number of ether oxygens (including phenoxy) is 3. The molecule has 2 heterocycles. The van der Waals surface area contributed by atoms with E-state index < -0.39 is 11.6 Å². The van der Waals surface area contributed by atoms with E-state index in [2.05, 4.69) is 26.1 Å². The number of benzene rings is 1. The van der Waals surface area contributed by atoms with Gasteiger partial charge >= 0.3 is 0 Å². The Morgan fingerprint density at radius 2 is 1.76 bits per heavy atom. The number of fused-ring (bicyclic) bond motifs is 4. The van der Waals surface area contributed by atoms with Crippen molar-refractivity contribution in [3.05, 3.63) is 35.4 Å². The van der Waals surface area contributed by atoms with Crippen LogP contribution >= 0.6 is 0 Å². The number of rotatable bonds is 6. The minimum atomic E-state index is -0.527. The quantitative estimate of drug-likeness (QED) is 0.369. The maximum atomic E-state index is 13.6. The maximum absolute atomic E-state index is 13.6. The predicted molar refractivity (Wildman–Crippen MR) is 170 cm³/mol. The van der Waals surface area contributed by atoms with Crippen LogP contribution in [0.4, 0.5) is 8.78 Å². The van der Waals surface area contributed by atoms with Crippen LogP contribution < -0.4 is 5.32 Å². The van der Waals surface area contributed by atoms with Gasteiger partial charge in [0.25, 0.3) is 0 Å². The molecule has 6 nitrogen and oxygen atoms in total. The average molecular weight is 641 g/mol.